The predicted octanol–water partition coefficient (Wildman–Crippen LogP) is 2.69. The molecule has 22 heavy (non-hydrogen) atoms. The van der Waals surface area contributed by atoms with Crippen molar-refractivity contribution in [2.24, 2.45) is 5.73 Å². The fourth-order valence-electron chi connectivity index (χ4n) is 2.15. The van der Waals surface area contributed by atoms with Crippen molar-refractivity contribution in [1.29, 1.82) is 0 Å². The average Bonchev–Trinajstić information content (AvgIpc) is 2.48. The predicted molar refractivity (Wildman–Crippen MR) is 90.5 cm³/mol. The number of hydrogen-bond acceptors (Lipinski definition) is 4. The summed E-state index contributed by atoms with van der Waals surface area (Å²) >= 11 is 0. The Kier molecular flexibility index (Phi) is 10.4. The third-order valence-corrected chi connectivity index (χ3v) is 3.43. The van der Waals surface area contributed by atoms with Gasteiger partial charge in [0.1, 0.15) is 0 Å². The van der Waals surface area contributed by atoms with Crippen molar-refractivity contribution >= 4 is 18.3 Å². The third kappa shape index (κ3) is 7.00. The van der Waals surface area contributed by atoms with Crippen molar-refractivity contribution in [1.82, 2.24) is 4.90 Å². The van der Waals surface area contributed by atoms with Gasteiger partial charge < -0.3 is 20.5 Å². The van der Waals surface area contributed by atoms with Crippen molar-refractivity contribution in [3.63, 3.8) is 0 Å². The molecular weight excluding hydrogens is 304 g/mol. The molecule has 0 saturated carbocycles. The van der Waals surface area contributed by atoms with Crippen LogP contribution in [0.15, 0.2) is 18.2 Å². The van der Waals surface area contributed by atoms with E-state index in [9.17, 15) is 9.90 Å². The summed E-state index contributed by atoms with van der Waals surface area (Å²) in [4.78, 5) is 13.7. The molecule has 0 aliphatic carbocycles. The van der Waals surface area contributed by atoms with Crippen molar-refractivity contribution in [2.75, 3.05) is 20.7 Å². The topological polar surface area (TPSA) is 75.8 Å². The average molecular weight is 331 g/mol. The first-order valence-electron chi connectivity index (χ1n) is 7.38. The minimum atomic E-state index is 0. The molecule has 0 fully saturated rings. The number of phenols is 1. The molecule has 0 unspecified atom stereocenters. The van der Waals surface area contributed by atoms with Crippen LogP contribution in [0.2, 0.25) is 0 Å². The van der Waals surface area contributed by atoms with Gasteiger partial charge in [-0.2, -0.15) is 0 Å². The van der Waals surface area contributed by atoms with E-state index in [2.05, 4.69) is 0 Å². The van der Waals surface area contributed by atoms with Crippen LogP contribution in [0.3, 0.4) is 0 Å². The number of benzene rings is 1. The Hall–Kier alpha value is -1.46. The van der Waals surface area contributed by atoms with Crippen molar-refractivity contribution < 1.29 is 14.6 Å². The summed E-state index contributed by atoms with van der Waals surface area (Å²) in [5, 5.41) is 9.55. The second-order valence-corrected chi connectivity index (χ2v) is 5.21. The van der Waals surface area contributed by atoms with E-state index in [1.807, 2.05) is 0 Å². The third-order valence-electron chi connectivity index (χ3n) is 3.43. The van der Waals surface area contributed by atoms with Crippen LogP contribution in [0.5, 0.6) is 11.5 Å². The molecule has 0 saturated heterocycles. The van der Waals surface area contributed by atoms with Crippen LogP contribution in [-0.2, 0) is 11.3 Å². The highest BCUT2D eigenvalue weighted by Gasteiger charge is 2.10. The van der Waals surface area contributed by atoms with Gasteiger partial charge in [0.05, 0.1) is 7.11 Å². The zero-order valence-electron chi connectivity index (χ0n) is 13.4. The molecule has 0 atom stereocenters. The molecular formula is C16H27ClN2O3. The van der Waals surface area contributed by atoms with Crippen LogP contribution >= 0.6 is 12.4 Å². The molecule has 0 heterocycles. The van der Waals surface area contributed by atoms with E-state index in [0.717, 1.165) is 37.8 Å². The van der Waals surface area contributed by atoms with E-state index < -0.39 is 0 Å². The first-order valence-corrected chi connectivity index (χ1v) is 7.38. The molecule has 126 valence electrons. The van der Waals surface area contributed by atoms with E-state index >= 15 is 0 Å². The zero-order chi connectivity index (χ0) is 15.7. The number of halogens is 1. The molecule has 1 aromatic carbocycles. The molecule has 0 aliphatic rings. The summed E-state index contributed by atoms with van der Waals surface area (Å²) in [6.07, 6.45) is 4.63. The molecule has 6 heteroatoms. The first-order chi connectivity index (χ1) is 10.1. The summed E-state index contributed by atoms with van der Waals surface area (Å²) in [7, 11) is 3.30. The van der Waals surface area contributed by atoms with E-state index in [4.69, 9.17) is 10.5 Å². The monoisotopic (exact) mass is 330 g/mol. The van der Waals surface area contributed by atoms with Crippen LogP contribution in [-0.4, -0.2) is 36.6 Å². The van der Waals surface area contributed by atoms with Crippen molar-refractivity contribution in [3.05, 3.63) is 23.8 Å². The molecule has 0 bridgehead atoms. The highest BCUT2D eigenvalue weighted by molar-refractivity contribution is 5.85. The lowest BCUT2D eigenvalue weighted by molar-refractivity contribution is -0.130. The van der Waals surface area contributed by atoms with Gasteiger partial charge in [0, 0.05) is 20.0 Å². The van der Waals surface area contributed by atoms with Crippen LogP contribution in [0.25, 0.3) is 0 Å². The number of nitrogens with zero attached hydrogens (tertiary/aromatic N) is 1. The first kappa shape index (κ1) is 20.5. The summed E-state index contributed by atoms with van der Waals surface area (Å²) in [5.74, 6) is 0.667. The number of hydrogen-bond donors (Lipinski definition) is 2. The Balaban J connectivity index is 0.00000441. The molecule has 1 aromatic rings. The maximum absolute atomic E-state index is 12.0. The SMILES string of the molecule is COc1cc(CN(C)C(=O)CCCCCCN)ccc1O.Cl. The quantitative estimate of drug-likeness (QED) is 0.682. The summed E-state index contributed by atoms with van der Waals surface area (Å²) in [6, 6.07) is 5.13. The molecule has 1 amide bonds. The summed E-state index contributed by atoms with van der Waals surface area (Å²) < 4.78 is 5.07. The lowest BCUT2D eigenvalue weighted by atomic mass is 10.1. The zero-order valence-corrected chi connectivity index (χ0v) is 14.2. The molecule has 0 aliphatic heterocycles. The summed E-state index contributed by atoms with van der Waals surface area (Å²) in [5.41, 5.74) is 6.37. The molecule has 1 rings (SSSR count). The Morgan fingerprint density at radius 3 is 2.59 bits per heavy atom. The van der Waals surface area contributed by atoms with Crippen molar-refractivity contribution in [2.45, 2.75) is 38.6 Å². The Labute approximate surface area is 138 Å². The number of ether oxygens (including phenoxy) is 1. The van der Waals surface area contributed by atoms with Gasteiger partial charge in [-0.15, -0.1) is 12.4 Å². The number of rotatable bonds is 9. The number of nitrogens with two attached hydrogens (primary N) is 1. The highest BCUT2D eigenvalue weighted by Crippen LogP contribution is 2.26. The number of carbonyl (C=O) groups excluding carboxylic acids is 1. The Morgan fingerprint density at radius 1 is 1.27 bits per heavy atom. The molecule has 5 nitrogen and oxygen atoms in total. The fourth-order valence-corrected chi connectivity index (χ4v) is 2.15. The van der Waals surface area contributed by atoms with Gasteiger partial charge in [-0.3, -0.25) is 4.79 Å². The number of amides is 1. The largest absolute Gasteiger partial charge is 0.504 e. The minimum Gasteiger partial charge on any atom is -0.504 e. The Morgan fingerprint density at radius 2 is 1.95 bits per heavy atom. The van der Waals surface area contributed by atoms with Gasteiger partial charge in [-0.05, 0) is 37.1 Å². The number of aromatic hydroxyl groups is 1. The summed E-state index contributed by atoms with van der Waals surface area (Å²) in [6.45, 7) is 1.23. The standard InChI is InChI=1S/C16H26N2O3.ClH/c1-18(16(20)7-5-3-4-6-10-17)12-13-8-9-14(19)15(11-13)21-2;/h8-9,11,19H,3-7,10,12,17H2,1-2H3;1H. The smallest absolute Gasteiger partial charge is 0.222 e. The van der Waals surface area contributed by atoms with Crippen LogP contribution in [0.1, 0.15) is 37.7 Å². The number of carbonyl (C=O) groups is 1. The maximum Gasteiger partial charge on any atom is 0.222 e. The normalized spacial score (nSPS) is 9.95. The minimum absolute atomic E-state index is 0. The van der Waals surface area contributed by atoms with Crippen LogP contribution in [0.4, 0.5) is 0 Å². The molecule has 3 N–H and O–H groups in total. The fraction of sp³-hybridized carbons (Fsp3) is 0.562. The number of unbranched alkanes of at least 4 members (excludes halogenated alkanes) is 3. The van der Waals surface area contributed by atoms with Gasteiger partial charge >= 0.3 is 0 Å². The maximum atomic E-state index is 12.0. The van der Waals surface area contributed by atoms with E-state index in [0.29, 0.717) is 18.7 Å². The van der Waals surface area contributed by atoms with Gasteiger partial charge in [-0.25, -0.2) is 0 Å². The second-order valence-electron chi connectivity index (χ2n) is 5.21. The van der Waals surface area contributed by atoms with Crippen LogP contribution < -0.4 is 10.5 Å². The lowest BCUT2D eigenvalue weighted by Gasteiger charge is -2.18. The lowest BCUT2D eigenvalue weighted by Crippen LogP contribution is -2.25. The van der Waals surface area contributed by atoms with Gasteiger partial charge in [0.15, 0.2) is 11.5 Å². The van der Waals surface area contributed by atoms with Gasteiger partial charge in [-0.1, -0.05) is 18.9 Å². The number of methoxy groups -OCH3 is 1. The van der Waals surface area contributed by atoms with E-state index in [1.54, 1.807) is 30.1 Å². The van der Waals surface area contributed by atoms with Gasteiger partial charge in [0.25, 0.3) is 0 Å². The number of phenolic OH excluding ortho intramolecular Hbond substituents is 1. The molecule has 0 aromatic heterocycles. The molecule has 0 spiro atoms. The highest BCUT2D eigenvalue weighted by atomic mass is 35.5. The van der Waals surface area contributed by atoms with E-state index in [-0.39, 0.29) is 24.1 Å². The molecule has 0 radical (unpaired) electrons. The van der Waals surface area contributed by atoms with Crippen molar-refractivity contribution in [3.8, 4) is 11.5 Å². The van der Waals surface area contributed by atoms with Gasteiger partial charge in [0.2, 0.25) is 5.91 Å². The van der Waals surface area contributed by atoms with E-state index in [1.165, 1.54) is 7.11 Å². The Bertz CT molecular complexity index is 455. The second kappa shape index (κ2) is 11.2. The van der Waals surface area contributed by atoms with Crippen LogP contribution in [0, 0.1) is 0 Å².